The lowest BCUT2D eigenvalue weighted by Crippen LogP contribution is -2.45. The molecule has 0 aliphatic carbocycles. The standard InChI is InChI=1S/C17H22N4O5/c1-20(10-14(22)21-8-6-12(7-9-21)16(24)25)15(23)11-2-4-13(5-3-11)19-17(18)26/h2-5,12H,6-10H2,1H3,(H,24,25)(H3,18,19,26). The van der Waals surface area contributed by atoms with Gasteiger partial charge in [0.05, 0.1) is 12.5 Å². The fourth-order valence-electron chi connectivity index (χ4n) is 2.81. The second kappa shape index (κ2) is 8.32. The van der Waals surface area contributed by atoms with Crippen LogP contribution < -0.4 is 11.1 Å². The molecule has 1 saturated heterocycles. The molecule has 0 atom stereocenters. The number of hydrogen-bond donors (Lipinski definition) is 3. The summed E-state index contributed by atoms with van der Waals surface area (Å²) < 4.78 is 0. The molecule has 0 radical (unpaired) electrons. The van der Waals surface area contributed by atoms with E-state index < -0.39 is 17.9 Å². The summed E-state index contributed by atoms with van der Waals surface area (Å²) in [7, 11) is 1.53. The first-order valence-corrected chi connectivity index (χ1v) is 8.20. The van der Waals surface area contributed by atoms with Crippen molar-refractivity contribution >= 4 is 29.5 Å². The zero-order valence-corrected chi connectivity index (χ0v) is 14.5. The fraction of sp³-hybridized carbons (Fsp3) is 0.412. The number of nitrogens with two attached hydrogens (primary N) is 1. The summed E-state index contributed by atoms with van der Waals surface area (Å²) in [4.78, 5) is 49.4. The molecule has 0 unspecified atom stereocenters. The average molecular weight is 362 g/mol. The Hall–Kier alpha value is -3.10. The maximum Gasteiger partial charge on any atom is 0.316 e. The summed E-state index contributed by atoms with van der Waals surface area (Å²) in [6.07, 6.45) is 0.847. The zero-order chi connectivity index (χ0) is 19.3. The van der Waals surface area contributed by atoms with Crippen molar-refractivity contribution in [3.8, 4) is 0 Å². The third kappa shape index (κ3) is 4.95. The zero-order valence-electron chi connectivity index (χ0n) is 14.5. The maximum absolute atomic E-state index is 12.4. The van der Waals surface area contributed by atoms with Gasteiger partial charge in [0.25, 0.3) is 5.91 Å². The highest BCUT2D eigenvalue weighted by atomic mass is 16.4. The number of urea groups is 1. The van der Waals surface area contributed by atoms with Crippen molar-refractivity contribution in [2.75, 3.05) is 32.0 Å². The third-order valence-electron chi connectivity index (χ3n) is 4.32. The molecule has 26 heavy (non-hydrogen) atoms. The Kier molecular flexibility index (Phi) is 6.16. The number of carbonyl (C=O) groups excluding carboxylic acids is 3. The maximum atomic E-state index is 12.4. The van der Waals surface area contributed by atoms with E-state index in [1.54, 1.807) is 17.0 Å². The van der Waals surface area contributed by atoms with Crippen LogP contribution in [0.1, 0.15) is 23.2 Å². The lowest BCUT2D eigenvalue weighted by Gasteiger charge is -2.31. The first-order chi connectivity index (χ1) is 12.3. The van der Waals surface area contributed by atoms with Crippen LogP contribution in [0.4, 0.5) is 10.5 Å². The van der Waals surface area contributed by atoms with Crippen LogP contribution in [0.2, 0.25) is 0 Å². The number of hydrogen-bond acceptors (Lipinski definition) is 4. The number of carbonyl (C=O) groups is 4. The second-order valence-corrected chi connectivity index (χ2v) is 6.22. The smallest absolute Gasteiger partial charge is 0.316 e. The van der Waals surface area contributed by atoms with Gasteiger partial charge in [-0.3, -0.25) is 14.4 Å². The average Bonchev–Trinajstić information content (AvgIpc) is 2.61. The summed E-state index contributed by atoms with van der Waals surface area (Å²) in [6.45, 7) is 0.675. The minimum Gasteiger partial charge on any atom is -0.481 e. The van der Waals surface area contributed by atoms with Crippen molar-refractivity contribution in [2.24, 2.45) is 11.7 Å². The largest absolute Gasteiger partial charge is 0.481 e. The molecule has 0 bridgehead atoms. The first kappa shape index (κ1) is 19.2. The van der Waals surface area contributed by atoms with E-state index >= 15 is 0 Å². The van der Waals surface area contributed by atoms with Crippen molar-refractivity contribution in [1.82, 2.24) is 9.80 Å². The molecule has 0 spiro atoms. The van der Waals surface area contributed by atoms with Gasteiger partial charge in [0.1, 0.15) is 0 Å². The Balaban J connectivity index is 1.89. The number of primary amides is 1. The topological polar surface area (TPSA) is 133 Å². The number of anilines is 1. The fourth-order valence-corrected chi connectivity index (χ4v) is 2.81. The lowest BCUT2D eigenvalue weighted by atomic mass is 9.97. The van der Waals surface area contributed by atoms with Crippen molar-refractivity contribution in [3.63, 3.8) is 0 Å². The molecule has 2 rings (SSSR count). The van der Waals surface area contributed by atoms with Crippen molar-refractivity contribution in [3.05, 3.63) is 29.8 Å². The van der Waals surface area contributed by atoms with Crippen LogP contribution in [0, 0.1) is 5.92 Å². The molecular weight excluding hydrogens is 340 g/mol. The van der Waals surface area contributed by atoms with Gasteiger partial charge in [0.15, 0.2) is 0 Å². The van der Waals surface area contributed by atoms with E-state index in [-0.39, 0.29) is 18.4 Å². The number of likely N-dealkylation sites (tertiary alicyclic amines) is 1. The highest BCUT2D eigenvalue weighted by Gasteiger charge is 2.28. The molecule has 1 aromatic carbocycles. The number of benzene rings is 1. The quantitative estimate of drug-likeness (QED) is 0.704. The number of carboxylic acid groups (broad SMARTS) is 1. The van der Waals surface area contributed by atoms with Gasteiger partial charge in [-0.25, -0.2) is 4.79 Å². The summed E-state index contributed by atoms with van der Waals surface area (Å²) in [5.41, 5.74) is 5.86. The second-order valence-electron chi connectivity index (χ2n) is 6.22. The van der Waals surface area contributed by atoms with Gasteiger partial charge in [0.2, 0.25) is 5.91 Å². The van der Waals surface area contributed by atoms with Crippen LogP contribution in [0.3, 0.4) is 0 Å². The van der Waals surface area contributed by atoms with Gasteiger partial charge in [0, 0.05) is 31.4 Å². The molecule has 1 aliphatic heterocycles. The van der Waals surface area contributed by atoms with Gasteiger partial charge in [-0.15, -0.1) is 0 Å². The Morgan fingerprint density at radius 1 is 1.19 bits per heavy atom. The van der Waals surface area contributed by atoms with E-state index in [2.05, 4.69) is 5.32 Å². The molecule has 1 fully saturated rings. The molecule has 0 aromatic heterocycles. The Bertz CT molecular complexity index is 696. The van der Waals surface area contributed by atoms with Crippen LogP contribution >= 0.6 is 0 Å². The van der Waals surface area contributed by atoms with E-state index in [9.17, 15) is 19.2 Å². The number of amides is 4. The molecule has 9 heteroatoms. The SMILES string of the molecule is CN(CC(=O)N1CCC(C(=O)O)CC1)C(=O)c1ccc(NC(N)=O)cc1. The number of likely N-dealkylation sites (N-methyl/N-ethyl adjacent to an activating group) is 1. The monoisotopic (exact) mass is 362 g/mol. The molecule has 9 nitrogen and oxygen atoms in total. The van der Waals surface area contributed by atoms with Crippen molar-refractivity contribution in [1.29, 1.82) is 0 Å². The highest BCUT2D eigenvalue weighted by Crippen LogP contribution is 2.17. The summed E-state index contributed by atoms with van der Waals surface area (Å²) in [5, 5.41) is 11.4. The molecule has 1 aromatic rings. The van der Waals surface area contributed by atoms with E-state index in [1.165, 1.54) is 24.1 Å². The lowest BCUT2D eigenvalue weighted by molar-refractivity contribution is -0.145. The Morgan fingerprint density at radius 2 is 1.77 bits per heavy atom. The van der Waals surface area contributed by atoms with E-state index in [0.29, 0.717) is 37.2 Å². The van der Waals surface area contributed by atoms with E-state index in [1.807, 2.05) is 0 Å². The summed E-state index contributed by atoms with van der Waals surface area (Å²) >= 11 is 0. The number of aliphatic carboxylic acids is 1. The van der Waals surface area contributed by atoms with Crippen molar-refractivity contribution < 1.29 is 24.3 Å². The number of rotatable bonds is 5. The number of carboxylic acids is 1. The highest BCUT2D eigenvalue weighted by molar-refractivity contribution is 5.97. The minimum atomic E-state index is -0.835. The first-order valence-electron chi connectivity index (χ1n) is 8.20. The summed E-state index contributed by atoms with van der Waals surface area (Å²) in [6, 6.07) is 5.47. The van der Waals surface area contributed by atoms with Gasteiger partial charge in [-0.2, -0.15) is 0 Å². The van der Waals surface area contributed by atoms with E-state index in [4.69, 9.17) is 10.8 Å². The number of nitrogens with one attached hydrogen (secondary N) is 1. The predicted molar refractivity (Wildman–Crippen MR) is 93.5 cm³/mol. The number of piperidine rings is 1. The molecule has 4 amide bonds. The molecule has 0 saturated carbocycles. The molecule has 1 aliphatic rings. The van der Waals surface area contributed by atoms with Crippen LogP contribution in [0.5, 0.6) is 0 Å². The Labute approximate surface area is 150 Å². The molecule has 1 heterocycles. The van der Waals surface area contributed by atoms with Gasteiger partial charge < -0.3 is 26.0 Å². The van der Waals surface area contributed by atoms with Crippen LogP contribution in [-0.2, 0) is 9.59 Å². The van der Waals surface area contributed by atoms with Crippen LogP contribution in [0.15, 0.2) is 24.3 Å². The van der Waals surface area contributed by atoms with Crippen LogP contribution in [0.25, 0.3) is 0 Å². The number of nitrogens with zero attached hydrogens (tertiary/aromatic N) is 2. The normalized spacial score (nSPS) is 14.6. The predicted octanol–water partition coefficient (Wildman–Crippen LogP) is 0.572. The van der Waals surface area contributed by atoms with Crippen molar-refractivity contribution in [2.45, 2.75) is 12.8 Å². The van der Waals surface area contributed by atoms with Gasteiger partial charge >= 0.3 is 12.0 Å². The Morgan fingerprint density at radius 3 is 2.27 bits per heavy atom. The summed E-state index contributed by atoms with van der Waals surface area (Å²) in [5.74, 6) is -1.79. The molecule has 140 valence electrons. The third-order valence-corrected chi connectivity index (χ3v) is 4.32. The van der Waals surface area contributed by atoms with Gasteiger partial charge in [-0.1, -0.05) is 0 Å². The molecule has 4 N–H and O–H groups in total. The van der Waals surface area contributed by atoms with E-state index in [0.717, 1.165) is 0 Å². The van der Waals surface area contributed by atoms with Crippen LogP contribution in [-0.4, -0.2) is 65.4 Å². The van der Waals surface area contributed by atoms with Gasteiger partial charge in [-0.05, 0) is 37.1 Å². The molecular formula is C17H22N4O5. The minimum absolute atomic E-state index is 0.0855.